The van der Waals surface area contributed by atoms with Gasteiger partial charge in [-0.05, 0) is 31.4 Å². The first kappa shape index (κ1) is 17.3. The Kier molecular flexibility index (Phi) is 7.90. The Morgan fingerprint density at radius 2 is 2.00 bits per heavy atom. The van der Waals surface area contributed by atoms with Crippen LogP contribution in [-0.2, 0) is 14.3 Å². The normalized spacial score (nSPS) is 10.9. The van der Waals surface area contributed by atoms with E-state index in [1.807, 2.05) is 0 Å². The van der Waals surface area contributed by atoms with Gasteiger partial charge in [0.1, 0.15) is 18.4 Å². The summed E-state index contributed by atoms with van der Waals surface area (Å²) in [5.41, 5.74) is 0. The van der Waals surface area contributed by atoms with E-state index in [1.165, 1.54) is 7.11 Å². The lowest BCUT2D eigenvalue weighted by atomic mass is 10.1. The topological polar surface area (TPSA) is 97.6 Å². The zero-order chi connectivity index (χ0) is 16.2. The number of rotatable bonds is 8. The molecule has 0 aromatic heterocycles. The highest BCUT2D eigenvalue weighted by Gasteiger charge is 2.22. The van der Waals surface area contributed by atoms with Crippen LogP contribution in [0.3, 0.4) is 0 Å². The summed E-state index contributed by atoms with van der Waals surface area (Å²) in [4.78, 5) is 23.4. The third kappa shape index (κ3) is 6.61. The van der Waals surface area contributed by atoms with Gasteiger partial charge in [0.15, 0.2) is 0 Å². The first-order chi connectivity index (χ1) is 10.7. The monoisotopic (exact) mass is 306 g/mol. The molecule has 7 nitrogen and oxygen atoms in total. The molecule has 0 aliphatic heterocycles. The summed E-state index contributed by atoms with van der Waals surface area (Å²) in [5.74, 6) is -0.169. The SMILES string of the molecule is COC(=O)C(CCCCOC#N)NC(=O)Oc1ccccc1. The van der Waals surface area contributed by atoms with E-state index in [-0.39, 0.29) is 6.61 Å². The highest BCUT2D eigenvalue weighted by Crippen LogP contribution is 2.09. The molecule has 0 aliphatic carbocycles. The second kappa shape index (κ2) is 10.0. The Morgan fingerprint density at radius 3 is 2.64 bits per heavy atom. The van der Waals surface area contributed by atoms with Crippen molar-refractivity contribution >= 4 is 12.1 Å². The molecule has 1 unspecified atom stereocenters. The molecule has 1 aromatic rings. The van der Waals surface area contributed by atoms with Gasteiger partial charge in [0.2, 0.25) is 0 Å². The molecule has 22 heavy (non-hydrogen) atoms. The molecule has 0 radical (unpaired) electrons. The lowest BCUT2D eigenvalue weighted by molar-refractivity contribution is -0.143. The average Bonchev–Trinajstić information content (AvgIpc) is 2.53. The second-order valence-electron chi connectivity index (χ2n) is 4.36. The highest BCUT2D eigenvalue weighted by atomic mass is 16.6. The van der Waals surface area contributed by atoms with E-state index in [0.717, 1.165) is 0 Å². The van der Waals surface area contributed by atoms with Crippen molar-refractivity contribution in [1.29, 1.82) is 5.26 Å². The molecule has 7 heteroatoms. The number of ether oxygens (including phenoxy) is 3. The van der Waals surface area contributed by atoms with Gasteiger partial charge in [0.25, 0.3) is 6.26 Å². The van der Waals surface area contributed by atoms with Crippen molar-refractivity contribution in [3.05, 3.63) is 30.3 Å². The van der Waals surface area contributed by atoms with E-state index in [9.17, 15) is 9.59 Å². The Hall–Kier alpha value is -2.75. The summed E-state index contributed by atoms with van der Waals surface area (Å²) < 4.78 is 14.2. The van der Waals surface area contributed by atoms with E-state index in [4.69, 9.17) is 10.00 Å². The molecule has 1 atom stereocenters. The number of esters is 1. The van der Waals surface area contributed by atoms with E-state index >= 15 is 0 Å². The van der Waals surface area contributed by atoms with Gasteiger partial charge in [-0.15, -0.1) is 0 Å². The Morgan fingerprint density at radius 1 is 1.27 bits per heavy atom. The number of amides is 1. The molecule has 0 saturated carbocycles. The summed E-state index contributed by atoms with van der Waals surface area (Å²) >= 11 is 0. The molecule has 0 saturated heterocycles. The summed E-state index contributed by atoms with van der Waals surface area (Å²) in [6.07, 6.45) is 2.39. The van der Waals surface area contributed by atoms with E-state index in [1.54, 1.807) is 36.6 Å². The van der Waals surface area contributed by atoms with Crippen molar-refractivity contribution in [3.8, 4) is 12.0 Å². The Labute approximate surface area is 128 Å². The molecule has 1 amide bonds. The van der Waals surface area contributed by atoms with Crippen molar-refractivity contribution in [3.63, 3.8) is 0 Å². The predicted molar refractivity (Wildman–Crippen MR) is 76.8 cm³/mol. The summed E-state index contributed by atoms with van der Waals surface area (Å²) in [6.45, 7) is 0.277. The highest BCUT2D eigenvalue weighted by molar-refractivity contribution is 5.81. The number of para-hydroxylation sites is 1. The van der Waals surface area contributed by atoms with Gasteiger partial charge < -0.3 is 19.5 Å². The quantitative estimate of drug-likeness (QED) is 0.448. The Bertz CT molecular complexity index is 512. The minimum Gasteiger partial charge on any atom is -0.467 e. The number of carbonyl (C=O) groups is 2. The fourth-order valence-electron chi connectivity index (χ4n) is 1.73. The number of carbonyl (C=O) groups excluding carboxylic acids is 2. The molecule has 0 fully saturated rings. The standard InChI is InChI=1S/C15H18N2O5/c1-20-14(18)13(9-5-6-10-21-11-16)17-15(19)22-12-7-3-2-4-8-12/h2-4,7-8,13H,5-6,9-10H2,1H3,(H,17,19). The number of hydrogen-bond donors (Lipinski definition) is 1. The smallest absolute Gasteiger partial charge is 0.413 e. The van der Waals surface area contributed by atoms with Gasteiger partial charge in [-0.2, -0.15) is 5.26 Å². The average molecular weight is 306 g/mol. The molecule has 1 rings (SSSR count). The van der Waals surface area contributed by atoms with Crippen LogP contribution in [0.1, 0.15) is 19.3 Å². The molecular formula is C15H18N2O5. The zero-order valence-electron chi connectivity index (χ0n) is 12.3. The Balaban J connectivity index is 2.45. The van der Waals surface area contributed by atoms with Crippen LogP contribution >= 0.6 is 0 Å². The summed E-state index contributed by atoms with van der Waals surface area (Å²) in [6, 6.07) is 7.72. The molecule has 0 heterocycles. The van der Waals surface area contributed by atoms with Gasteiger partial charge in [-0.25, -0.2) is 9.59 Å². The van der Waals surface area contributed by atoms with Gasteiger partial charge in [-0.1, -0.05) is 18.2 Å². The van der Waals surface area contributed by atoms with Crippen LogP contribution in [-0.4, -0.2) is 31.8 Å². The van der Waals surface area contributed by atoms with E-state index < -0.39 is 18.1 Å². The lowest BCUT2D eigenvalue weighted by Gasteiger charge is -2.16. The number of hydrogen-bond acceptors (Lipinski definition) is 6. The van der Waals surface area contributed by atoms with Gasteiger partial charge in [0, 0.05) is 0 Å². The van der Waals surface area contributed by atoms with Crippen molar-refractivity contribution in [1.82, 2.24) is 5.32 Å². The van der Waals surface area contributed by atoms with Crippen LogP contribution in [0.25, 0.3) is 0 Å². The summed E-state index contributed by atoms with van der Waals surface area (Å²) in [7, 11) is 1.25. The van der Waals surface area contributed by atoms with Crippen LogP contribution in [0.4, 0.5) is 4.79 Å². The fourth-order valence-corrected chi connectivity index (χ4v) is 1.73. The molecule has 0 bridgehead atoms. The number of nitrogens with zero attached hydrogens (tertiary/aromatic N) is 1. The van der Waals surface area contributed by atoms with Crippen molar-refractivity contribution < 1.29 is 23.8 Å². The maximum absolute atomic E-state index is 11.8. The first-order valence-electron chi connectivity index (χ1n) is 6.79. The fraction of sp³-hybridized carbons (Fsp3) is 0.400. The molecular weight excluding hydrogens is 288 g/mol. The third-order valence-corrected chi connectivity index (χ3v) is 2.79. The predicted octanol–water partition coefficient (Wildman–Crippen LogP) is 1.98. The number of methoxy groups -OCH3 is 1. The first-order valence-corrected chi connectivity index (χ1v) is 6.79. The second-order valence-corrected chi connectivity index (χ2v) is 4.36. The number of benzene rings is 1. The zero-order valence-corrected chi connectivity index (χ0v) is 12.3. The summed E-state index contributed by atoms with van der Waals surface area (Å²) in [5, 5.41) is 10.7. The minimum atomic E-state index is -0.803. The third-order valence-electron chi connectivity index (χ3n) is 2.79. The molecule has 1 N–H and O–H groups in total. The molecule has 1 aromatic carbocycles. The molecule has 118 valence electrons. The maximum atomic E-state index is 11.8. The van der Waals surface area contributed by atoms with Crippen LogP contribution in [0.15, 0.2) is 30.3 Å². The molecule has 0 aliphatic rings. The van der Waals surface area contributed by atoms with E-state index in [2.05, 4.69) is 14.8 Å². The maximum Gasteiger partial charge on any atom is 0.413 e. The number of nitriles is 1. The van der Waals surface area contributed by atoms with Crippen LogP contribution in [0.5, 0.6) is 5.75 Å². The largest absolute Gasteiger partial charge is 0.467 e. The minimum absolute atomic E-state index is 0.277. The van der Waals surface area contributed by atoms with Gasteiger partial charge >= 0.3 is 12.1 Å². The van der Waals surface area contributed by atoms with Crippen molar-refractivity contribution in [2.24, 2.45) is 0 Å². The van der Waals surface area contributed by atoms with Crippen LogP contribution < -0.4 is 10.1 Å². The van der Waals surface area contributed by atoms with Crippen molar-refractivity contribution in [2.75, 3.05) is 13.7 Å². The van der Waals surface area contributed by atoms with E-state index in [0.29, 0.717) is 25.0 Å². The lowest BCUT2D eigenvalue weighted by Crippen LogP contribution is -2.42. The van der Waals surface area contributed by atoms with Gasteiger partial charge in [0.05, 0.1) is 7.11 Å². The molecule has 0 spiro atoms. The number of nitrogens with one attached hydrogen (secondary N) is 1. The van der Waals surface area contributed by atoms with Crippen molar-refractivity contribution in [2.45, 2.75) is 25.3 Å². The number of unbranched alkanes of at least 4 members (excludes halogenated alkanes) is 1. The van der Waals surface area contributed by atoms with Gasteiger partial charge in [-0.3, -0.25) is 0 Å². The van der Waals surface area contributed by atoms with Crippen LogP contribution in [0, 0.1) is 11.5 Å². The van der Waals surface area contributed by atoms with Crippen LogP contribution in [0.2, 0.25) is 0 Å².